The summed E-state index contributed by atoms with van der Waals surface area (Å²) in [7, 11) is -2.20. The minimum atomic E-state index is -2.20. The molecule has 0 N–H and O–H groups in total. The van der Waals surface area contributed by atoms with Gasteiger partial charge in [-0.2, -0.15) is 0 Å². The highest BCUT2D eigenvalue weighted by Crippen LogP contribution is 2.45. The van der Waals surface area contributed by atoms with Crippen LogP contribution in [0.15, 0.2) is 24.3 Å². The normalized spacial score (nSPS) is 17.1. The van der Waals surface area contributed by atoms with E-state index in [1.54, 1.807) is 0 Å². The molecular formula is C45H87BrO3Si. The van der Waals surface area contributed by atoms with Crippen LogP contribution < -0.4 is 0 Å². The highest BCUT2D eigenvalue weighted by atomic mass is 79.9. The predicted molar refractivity (Wildman–Crippen MR) is 228 cm³/mol. The number of unbranched alkanes of at least 4 members (excludes halogenated alkanes) is 21. The van der Waals surface area contributed by atoms with Crippen molar-refractivity contribution in [3.63, 3.8) is 0 Å². The van der Waals surface area contributed by atoms with Crippen molar-refractivity contribution in [2.24, 2.45) is 11.8 Å². The van der Waals surface area contributed by atoms with Crippen molar-refractivity contribution in [2.75, 3.05) is 18.5 Å². The maximum atomic E-state index is 6.61. The molecule has 296 valence electrons. The van der Waals surface area contributed by atoms with Crippen LogP contribution in [-0.2, 0) is 13.6 Å². The van der Waals surface area contributed by atoms with Crippen molar-refractivity contribution in [3.8, 4) is 0 Å². The fourth-order valence-corrected chi connectivity index (χ4v) is 9.07. The maximum Gasteiger partial charge on any atom is 0.333 e. The lowest BCUT2D eigenvalue weighted by molar-refractivity contribution is -0.104. The summed E-state index contributed by atoms with van der Waals surface area (Å²) in [6.45, 7) is 10.6. The van der Waals surface area contributed by atoms with Gasteiger partial charge in [0.15, 0.2) is 0 Å². The molecule has 1 aliphatic carbocycles. The Morgan fingerprint density at radius 3 is 1.66 bits per heavy atom. The molecular weight excluding hydrogens is 696 g/mol. The third kappa shape index (κ3) is 32.7. The Balaban J connectivity index is 2.19. The summed E-state index contributed by atoms with van der Waals surface area (Å²) in [6, 6.07) is 0. The van der Waals surface area contributed by atoms with Gasteiger partial charge in [-0.1, -0.05) is 182 Å². The van der Waals surface area contributed by atoms with Gasteiger partial charge in [0.25, 0.3) is 0 Å². The molecule has 3 atom stereocenters. The Kier molecular flexibility index (Phi) is 34.7. The van der Waals surface area contributed by atoms with Gasteiger partial charge in [-0.3, -0.25) is 0 Å². The molecule has 1 fully saturated rings. The van der Waals surface area contributed by atoms with E-state index in [1.165, 1.54) is 173 Å². The number of rotatable bonds is 40. The average Bonchev–Trinajstić information content (AvgIpc) is 3.86. The van der Waals surface area contributed by atoms with E-state index in [2.05, 4.69) is 67.2 Å². The first-order valence-electron chi connectivity index (χ1n) is 22.3. The van der Waals surface area contributed by atoms with E-state index in [0.29, 0.717) is 0 Å². The Morgan fingerprint density at radius 2 is 1.04 bits per heavy atom. The standard InChI is InChI=1S/C45H87BrO3Si/c1-5-7-9-11-13-14-15-16-17-18-19-20-21-22-28-34-40-47-45(49-50(3,4)48-41-35-29-27-33-39-46)38-32-26-23-25-31-37-44-42-43(44)36-30-24-12-10-8-6-2/h13-14,16-17,43-45H,5-12,15,18-42H2,1-4H3/b14-13-,17-16-. The van der Waals surface area contributed by atoms with Gasteiger partial charge < -0.3 is 13.6 Å². The van der Waals surface area contributed by atoms with Crippen LogP contribution in [0, 0.1) is 11.8 Å². The number of hydrogen-bond donors (Lipinski definition) is 0. The molecule has 0 heterocycles. The lowest BCUT2D eigenvalue weighted by Gasteiger charge is -2.29. The molecule has 0 amide bonds. The van der Waals surface area contributed by atoms with Crippen LogP contribution >= 0.6 is 15.9 Å². The summed E-state index contributed by atoms with van der Waals surface area (Å²) >= 11 is 3.54. The Hall–Kier alpha value is 0.0569. The molecule has 5 heteroatoms. The molecule has 50 heavy (non-hydrogen) atoms. The van der Waals surface area contributed by atoms with Crippen LogP contribution in [0.5, 0.6) is 0 Å². The molecule has 0 aromatic carbocycles. The van der Waals surface area contributed by atoms with Gasteiger partial charge in [0.2, 0.25) is 0 Å². The van der Waals surface area contributed by atoms with Gasteiger partial charge in [0, 0.05) is 18.5 Å². The Morgan fingerprint density at radius 1 is 0.560 bits per heavy atom. The first-order valence-corrected chi connectivity index (χ1v) is 26.3. The molecule has 1 aliphatic rings. The zero-order valence-corrected chi connectivity index (χ0v) is 36.8. The maximum absolute atomic E-state index is 6.61. The summed E-state index contributed by atoms with van der Waals surface area (Å²) < 4.78 is 19.4. The SMILES string of the molecule is CCCCC/C=C\C/C=C\CCCCCCCCOC(CCCCCCCC1CC1CCCCCCCC)O[Si](C)(C)OCCCCCCBr. The molecule has 3 unspecified atom stereocenters. The molecule has 0 spiro atoms. The van der Waals surface area contributed by atoms with Gasteiger partial charge in [-0.15, -0.1) is 0 Å². The molecule has 0 saturated heterocycles. The summed E-state index contributed by atoms with van der Waals surface area (Å²) in [5.74, 6) is 2.14. The second-order valence-electron chi connectivity index (χ2n) is 16.0. The minimum absolute atomic E-state index is 0.0998. The summed E-state index contributed by atoms with van der Waals surface area (Å²) in [5.41, 5.74) is 0. The average molecular weight is 784 g/mol. The molecule has 0 aromatic rings. The smallest absolute Gasteiger partial charge is 0.333 e. The molecule has 1 rings (SSSR count). The van der Waals surface area contributed by atoms with Crippen molar-refractivity contribution in [3.05, 3.63) is 24.3 Å². The second-order valence-corrected chi connectivity index (χ2v) is 20.1. The van der Waals surface area contributed by atoms with Crippen LogP contribution in [0.1, 0.15) is 213 Å². The lowest BCUT2D eigenvalue weighted by Crippen LogP contribution is -2.40. The third-order valence-corrected chi connectivity index (χ3v) is 12.8. The molecule has 0 bridgehead atoms. The minimum Gasteiger partial charge on any atom is -0.394 e. The van der Waals surface area contributed by atoms with Crippen molar-refractivity contribution in [2.45, 2.75) is 232 Å². The Labute approximate surface area is 323 Å². The highest BCUT2D eigenvalue weighted by Gasteiger charge is 2.35. The monoisotopic (exact) mass is 783 g/mol. The molecule has 0 radical (unpaired) electrons. The summed E-state index contributed by atoms with van der Waals surface area (Å²) in [5, 5.41) is 1.10. The number of ether oxygens (including phenoxy) is 1. The molecule has 3 nitrogen and oxygen atoms in total. The summed E-state index contributed by atoms with van der Waals surface area (Å²) in [4.78, 5) is 0. The Bertz CT molecular complexity index is 757. The first-order chi connectivity index (χ1) is 24.5. The van der Waals surface area contributed by atoms with Crippen LogP contribution in [-0.4, -0.2) is 33.4 Å². The van der Waals surface area contributed by atoms with E-state index in [1.807, 2.05) is 0 Å². The fraction of sp³-hybridized carbons (Fsp3) is 0.911. The van der Waals surface area contributed by atoms with E-state index >= 15 is 0 Å². The number of hydrogen-bond acceptors (Lipinski definition) is 3. The zero-order chi connectivity index (χ0) is 36.2. The fourth-order valence-electron chi connectivity index (χ4n) is 7.15. The van der Waals surface area contributed by atoms with E-state index in [-0.39, 0.29) is 6.29 Å². The van der Waals surface area contributed by atoms with Crippen LogP contribution in [0.4, 0.5) is 0 Å². The molecule has 0 aromatic heterocycles. The van der Waals surface area contributed by atoms with E-state index in [4.69, 9.17) is 13.6 Å². The van der Waals surface area contributed by atoms with Crippen molar-refractivity contribution >= 4 is 24.5 Å². The number of alkyl halides is 1. The molecule has 1 saturated carbocycles. The van der Waals surface area contributed by atoms with Crippen molar-refractivity contribution in [1.29, 1.82) is 0 Å². The predicted octanol–water partition coefficient (Wildman–Crippen LogP) is 16.0. The van der Waals surface area contributed by atoms with Crippen molar-refractivity contribution < 1.29 is 13.6 Å². The first kappa shape index (κ1) is 48.1. The van der Waals surface area contributed by atoms with Gasteiger partial charge in [-0.25, -0.2) is 0 Å². The third-order valence-electron chi connectivity index (χ3n) is 10.6. The second kappa shape index (κ2) is 36.1. The lowest BCUT2D eigenvalue weighted by atomic mass is 10.0. The van der Waals surface area contributed by atoms with Crippen LogP contribution in [0.3, 0.4) is 0 Å². The molecule has 0 aliphatic heterocycles. The van der Waals surface area contributed by atoms with E-state index in [0.717, 1.165) is 56.1 Å². The topological polar surface area (TPSA) is 27.7 Å². The van der Waals surface area contributed by atoms with Gasteiger partial charge in [-0.05, 0) is 95.6 Å². The van der Waals surface area contributed by atoms with Crippen LogP contribution in [0.2, 0.25) is 13.1 Å². The van der Waals surface area contributed by atoms with Crippen molar-refractivity contribution in [1.82, 2.24) is 0 Å². The van der Waals surface area contributed by atoms with Gasteiger partial charge >= 0.3 is 8.56 Å². The van der Waals surface area contributed by atoms with E-state index in [9.17, 15) is 0 Å². The largest absolute Gasteiger partial charge is 0.394 e. The van der Waals surface area contributed by atoms with Gasteiger partial charge in [0.05, 0.1) is 0 Å². The highest BCUT2D eigenvalue weighted by molar-refractivity contribution is 9.09. The van der Waals surface area contributed by atoms with Crippen LogP contribution in [0.25, 0.3) is 0 Å². The number of allylic oxidation sites excluding steroid dienone is 4. The zero-order valence-electron chi connectivity index (χ0n) is 34.2. The van der Waals surface area contributed by atoms with Gasteiger partial charge in [0.1, 0.15) is 6.29 Å². The quantitative estimate of drug-likeness (QED) is 0.0204. The van der Waals surface area contributed by atoms with E-state index < -0.39 is 8.56 Å². The number of halogens is 1. The summed E-state index contributed by atoms with van der Waals surface area (Å²) in [6.07, 6.45) is 50.4.